The molecule has 2 aromatic carbocycles. The SMILES string of the molecule is Cc1cc2nc(CCC3CCCN(C=O)C3)n(Cc3ccc(I4C[I-]4)cc3)c2cc1C. The van der Waals surface area contributed by atoms with E-state index in [1.807, 2.05) is 4.90 Å². The molecular formula is C25H30I2N3O-. The van der Waals surface area contributed by atoms with Gasteiger partial charge < -0.3 is 0 Å². The molecule has 3 aromatic rings. The van der Waals surface area contributed by atoms with Gasteiger partial charge in [0.15, 0.2) is 0 Å². The van der Waals surface area contributed by atoms with Crippen molar-refractivity contribution < 1.29 is 22.0 Å². The molecule has 5 rings (SSSR count). The number of rotatable bonds is 7. The first-order chi connectivity index (χ1) is 15.1. The molecule has 1 unspecified atom stereocenters. The molecule has 2 fully saturated rings. The Hall–Kier alpha value is -1.16. The molecule has 1 atom stereocenters. The van der Waals surface area contributed by atoms with E-state index >= 15 is 0 Å². The third-order valence-corrected chi connectivity index (χ3v) is 20.7. The number of aromatic nitrogens is 2. The first-order valence-electron chi connectivity index (χ1n) is 11.1. The van der Waals surface area contributed by atoms with Crippen LogP contribution in [0.4, 0.5) is 0 Å². The number of piperidine rings is 1. The molecule has 4 nitrogen and oxygen atoms in total. The van der Waals surface area contributed by atoms with Crippen LogP contribution in [0.25, 0.3) is 11.0 Å². The van der Waals surface area contributed by atoms with Crippen molar-refractivity contribution in [2.75, 3.05) is 15.5 Å². The van der Waals surface area contributed by atoms with Crippen LogP contribution in [0, 0.1) is 23.3 Å². The topological polar surface area (TPSA) is 38.1 Å². The van der Waals surface area contributed by atoms with E-state index in [2.05, 4.69) is 54.8 Å². The minimum absolute atomic E-state index is 0.577. The number of benzene rings is 2. The van der Waals surface area contributed by atoms with Gasteiger partial charge in [-0.05, 0) is 0 Å². The Balaban J connectivity index is 1.41. The summed E-state index contributed by atoms with van der Waals surface area (Å²) in [6, 6.07) is 14.1. The molecule has 6 heteroatoms. The number of hydrogen-bond donors (Lipinski definition) is 0. The van der Waals surface area contributed by atoms with Gasteiger partial charge in [0.1, 0.15) is 0 Å². The van der Waals surface area contributed by atoms with Gasteiger partial charge in [-0.3, -0.25) is 4.79 Å². The van der Waals surface area contributed by atoms with E-state index in [0.717, 1.165) is 50.8 Å². The van der Waals surface area contributed by atoms with Crippen LogP contribution in [-0.2, 0) is 17.8 Å². The molecule has 31 heavy (non-hydrogen) atoms. The zero-order valence-electron chi connectivity index (χ0n) is 18.3. The van der Waals surface area contributed by atoms with Crippen molar-refractivity contribution in [3.63, 3.8) is 0 Å². The van der Waals surface area contributed by atoms with E-state index in [4.69, 9.17) is 4.98 Å². The zero-order chi connectivity index (χ0) is 21.4. The third-order valence-electron chi connectivity index (χ3n) is 6.61. The molecule has 0 spiro atoms. The Morgan fingerprint density at radius 3 is 2.71 bits per heavy atom. The Labute approximate surface area is 198 Å². The summed E-state index contributed by atoms with van der Waals surface area (Å²) in [7, 11) is 0. The average Bonchev–Trinajstić information content (AvgIpc) is 3.59. The fourth-order valence-corrected chi connectivity index (χ4v) is 18.4. The van der Waals surface area contributed by atoms with Gasteiger partial charge in [0, 0.05) is 6.54 Å². The second-order valence-electron chi connectivity index (χ2n) is 8.82. The van der Waals surface area contributed by atoms with Gasteiger partial charge in [0.2, 0.25) is 6.41 Å². The number of alkyl halides is 2. The number of amides is 1. The van der Waals surface area contributed by atoms with Gasteiger partial charge in [0.05, 0.1) is 0 Å². The van der Waals surface area contributed by atoms with Gasteiger partial charge >= 0.3 is 182 Å². The molecule has 0 N–H and O–H groups in total. The van der Waals surface area contributed by atoms with Crippen LogP contribution in [0.3, 0.4) is 0 Å². The van der Waals surface area contributed by atoms with Crippen molar-refractivity contribution in [3.8, 4) is 0 Å². The Bertz CT molecular complexity index is 1090. The number of likely N-dealkylation sites (tertiary alicyclic amines) is 1. The van der Waals surface area contributed by atoms with E-state index in [-0.39, 0.29) is 0 Å². The number of carbonyl (C=O) groups is 1. The summed E-state index contributed by atoms with van der Waals surface area (Å²) in [5, 5.41) is 0. The molecule has 0 bridgehead atoms. The zero-order valence-corrected chi connectivity index (χ0v) is 22.6. The standard InChI is InChI=1S/C25H30I2N3O/c1-18-12-23-24(13-19(18)2)30(15-21-5-8-22(9-6-21)27-16-26-27)25(28-23)10-7-20-4-3-11-29(14-20)17-31/h5-6,8-9,12-13,17,20H,3-4,7,10-11,14-16H2,1-2H3/q-1. The van der Waals surface area contributed by atoms with Crippen molar-refractivity contribution in [1.29, 1.82) is 0 Å². The summed E-state index contributed by atoms with van der Waals surface area (Å²) in [6.07, 6.45) is 5.43. The number of carbonyl (C=O) groups excluding carboxylic acids is 1. The first-order valence-corrected chi connectivity index (χ1v) is 21.5. The second kappa shape index (κ2) is 9.37. The van der Waals surface area contributed by atoms with Crippen LogP contribution in [0.2, 0.25) is 0 Å². The molecule has 0 radical (unpaired) electrons. The van der Waals surface area contributed by atoms with Crippen molar-refractivity contribution in [2.45, 2.75) is 46.1 Å². The van der Waals surface area contributed by atoms with E-state index in [0.29, 0.717) is 23.1 Å². The number of nitrogens with zero attached hydrogens (tertiary/aromatic N) is 3. The molecule has 0 saturated carbocycles. The van der Waals surface area contributed by atoms with Gasteiger partial charge in [-0.25, -0.2) is 0 Å². The molecule has 1 aromatic heterocycles. The summed E-state index contributed by atoms with van der Waals surface area (Å²) >= 11 is 0.0302. The van der Waals surface area contributed by atoms with E-state index in [1.165, 1.54) is 34.5 Å². The Morgan fingerprint density at radius 2 is 1.97 bits per heavy atom. The van der Waals surface area contributed by atoms with Crippen molar-refractivity contribution in [2.24, 2.45) is 5.92 Å². The molecule has 2 saturated heterocycles. The number of aryl methyl sites for hydroxylation is 3. The van der Waals surface area contributed by atoms with Crippen LogP contribution in [-0.4, -0.2) is 36.4 Å². The van der Waals surface area contributed by atoms with E-state index < -0.39 is 15.8 Å². The quantitative estimate of drug-likeness (QED) is 0.225. The predicted octanol–water partition coefficient (Wildman–Crippen LogP) is 2.15. The second-order valence-corrected chi connectivity index (χ2v) is 27.3. The number of imidazole rings is 1. The fourth-order valence-electron chi connectivity index (χ4n) is 4.60. The normalized spacial score (nSPS) is 20.0. The summed E-state index contributed by atoms with van der Waals surface area (Å²) in [4.78, 5) is 18.2. The van der Waals surface area contributed by atoms with Crippen molar-refractivity contribution in [3.05, 3.63) is 62.5 Å². The average molecular weight is 642 g/mol. The van der Waals surface area contributed by atoms with Crippen LogP contribution in [0.15, 0.2) is 36.4 Å². The maximum atomic E-state index is 11.2. The monoisotopic (exact) mass is 642 g/mol. The first kappa shape index (κ1) is 21.7. The molecule has 2 aliphatic heterocycles. The molecule has 2 aliphatic rings. The molecule has 1 amide bonds. The molecule has 166 valence electrons. The number of hydrogen-bond acceptors (Lipinski definition) is 2. The van der Waals surface area contributed by atoms with Gasteiger partial charge in [0.25, 0.3) is 0 Å². The third kappa shape index (κ3) is 4.94. The Kier molecular flexibility index (Phi) is 6.55. The van der Waals surface area contributed by atoms with E-state index in [1.54, 1.807) is 6.00 Å². The summed E-state index contributed by atoms with van der Waals surface area (Å²) < 4.78 is 5.75. The maximum absolute atomic E-state index is 11.2. The molecule has 3 heterocycles. The van der Waals surface area contributed by atoms with Crippen molar-refractivity contribution in [1.82, 2.24) is 14.5 Å². The summed E-state index contributed by atoms with van der Waals surface area (Å²) in [6.45, 7) is 7.08. The Morgan fingerprint density at radius 1 is 1.19 bits per heavy atom. The van der Waals surface area contributed by atoms with Crippen LogP contribution in [0.5, 0.6) is 0 Å². The summed E-state index contributed by atoms with van der Waals surface area (Å²) in [5.74, 6) is 1.78. The molecule has 0 aliphatic carbocycles. The summed E-state index contributed by atoms with van der Waals surface area (Å²) in [5.41, 5.74) is 6.38. The van der Waals surface area contributed by atoms with Crippen LogP contribution >= 0.6 is 15.8 Å². The minimum atomic E-state index is -0.577. The van der Waals surface area contributed by atoms with Crippen LogP contribution in [0.1, 0.15) is 41.8 Å². The van der Waals surface area contributed by atoms with Crippen molar-refractivity contribution >= 4 is 33.3 Å². The predicted molar refractivity (Wildman–Crippen MR) is 131 cm³/mol. The molecular weight excluding hydrogens is 612 g/mol. The van der Waals surface area contributed by atoms with E-state index in [9.17, 15) is 4.79 Å². The number of halogens is 2. The number of fused-ring (bicyclic) bond motifs is 1. The van der Waals surface area contributed by atoms with Crippen LogP contribution < -0.4 is 17.2 Å². The van der Waals surface area contributed by atoms with Gasteiger partial charge in [-0.2, -0.15) is 0 Å². The fraction of sp³-hybridized carbons (Fsp3) is 0.440. The van der Waals surface area contributed by atoms with Gasteiger partial charge in [-0.15, -0.1) is 0 Å². The van der Waals surface area contributed by atoms with Gasteiger partial charge in [-0.1, -0.05) is 0 Å².